The van der Waals surface area contributed by atoms with Gasteiger partial charge in [-0.25, -0.2) is 13.9 Å². The molecule has 0 aromatic carbocycles. The van der Waals surface area contributed by atoms with Crippen LogP contribution >= 0.6 is 26.9 Å². The van der Waals surface area contributed by atoms with Gasteiger partial charge in [-0.3, -0.25) is 47.5 Å². The van der Waals surface area contributed by atoms with Gasteiger partial charge in [0.2, 0.25) is 6.29 Å². The lowest BCUT2D eigenvalue weighted by Crippen LogP contribution is -2.64. The fraction of sp³-hybridized carbons (Fsp3) is 0.692. The van der Waals surface area contributed by atoms with E-state index < -0.39 is 124 Å². The number of phosphoric acid groups is 1. The van der Waals surface area contributed by atoms with Crippen molar-refractivity contribution in [2.24, 2.45) is 0 Å². The molecule has 0 amide bonds. The van der Waals surface area contributed by atoms with Gasteiger partial charge in [0.05, 0.1) is 12.6 Å². The first kappa shape index (κ1) is 43.4. The van der Waals surface area contributed by atoms with Crippen molar-refractivity contribution in [3.63, 3.8) is 0 Å². The van der Waals surface area contributed by atoms with E-state index in [9.17, 15) is 53.0 Å². The Morgan fingerprint density at radius 3 is 2.13 bits per heavy atom. The van der Waals surface area contributed by atoms with Crippen LogP contribution in [-0.4, -0.2) is 136 Å². The maximum Gasteiger partial charge on any atom is 0.482 e. The third-order valence-corrected chi connectivity index (χ3v) is 10.8. The predicted molar refractivity (Wildman–Crippen MR) is 171 cm³/mol. The Balaban J connectivity index is 1.83. The molecule has 1 aromatic rings. The lowest BCUT2D eigenvalue weighted by Gasteiger charge is -2.44. The molecule has 3 rings (SSSR count). The zero-order valence-electron chi connectivity index (χ0n) is 28.4. The summed E-state index contributed by atoms with van der Waals surface area (Å²) in [6.45, 7) is -2.76. The summed E-state index contributed by atoms with van der Waals surface area (Å²) >= 11 is 3.68. The van der Waals surface area contributed by atoms with Crippen molar-refractivity contribution < 1.29 is 85.2 Å². The number of aromatic amines is 1. The number of hydrogen-bond acceptors (Lipinski definition) is 20. The Kier molecular flexibility index (Phi) is 14.9. The highest BCUT2D eigenvalue weighted by molar-refractivity contribution is 8.45. The van der Waals surface area contributed by atoms with E-state index in [0.29, 0.717) is 0 Å². The van der Waals surface area contributed by atoms with Gasteiger partial charge in [-0.15, -0.1) is 0 Å². The molecule has 52 heavy (non-hydrogen) atoms. The molecule has 0 saturated carbocycles. The highest BCUT2D eigenvalue weighted by Gasteiger charge is 2.55. The minimum absolute atomic E-state index is 0.692. The molecule has 23 nitrogen and oxygen atoms in total. The molecule has 3 heterocycles. The summed E-state index contributed by atoms with van der Waals surface area (Å²) in [6, 6.07) is 0.108. The van der Waals surface area contributed by atoms with Crippen LogP contribution in [0.4, 0.5) is 0 Å². The Labute approximate surface area is 299 Å². The number of hydrogen-bond donors (Lipinski definition) is 5. The molecule has 2 fully saturated rings. The number of aliphatic hydroxyl groups is 2. The number of carbonyl (C=O) groups excluding carboxylic acids is 4. The lowest BCUT2D eigenvalue weighted by molar-refractivity contribution is -0.299. The molecule has 0 bridgehead atoms. The average Bonchev–Trinajstić information content (AvgIpc) is 3.32. The normalized spacial score (nSPS) is 30.4. The quantitative estimate of drug-likeness (QED) is 0.0574. The molecule has 2 aliphatic rings. The second kappa shape index (κ2) is 17.9. The summed E-state index contributed by atoms with van der Waals surface area (Å²) in [5, 5.41) is 22.1. The number of nitrogens with zero attached hydrogens (tertiary/aromatic N) is 2. The number of rotatable bonds is 15. The van der Waals surface area contributed by atoms with E-state index in [0.717, 1.165) is 44.5 Å². The molecule has 4 N–H and O–H groups in total. The molecule has 2 aliphatic heterocycles. The number of nitrogens with one attached hydrogen (secondary N) is 1. The van der Waals surface area contributed by atoms with Crippen LogP contribution < -0.4 is 11.2 Å². The van der Waals surface area contributed by atoms with Gasteiger partial charge in [-0.1, -0.05) is 12.2 Å². The van der Waals surface area contributed by atoms with E-state index in [1.165, 1.54) is 4.90 Å². The number of likely N-dealkylation sites (N-methyl/N-ethyl adjacent to an activating group) is 1. The number of esters is 4. The third kappa shape index (κ3) is 11.8. The lowest BCUT2D eigenvalue weighted by atomic mass is 9.95. The first-order valence-corrected chi connectivity index (χ1v) is 19.2. The van der Waals surface area contributed by atoms with Crippen LogP contribution in [0.3, 0.4) is 0 Å². The highest BCUT2D eigenvalue weighted by atomic mass is 32.7. The number of aromatic nitrogens is 2. The molecule has 294 valence electrons. The zero-order chi connectivity index (χ0) is 39.3. The van der Waals surface area contributed by atoms with Crippen LogP contribution in [-0.2, 0) is 70.1 Å². The summed E-state index contributed by atoms with van der Waals surface area (Å²) in [4.78, 5) is 85.3. The van der Waals surface area contributed by atoms with E-state index >= 15 is 0 Å². The predicted octanol–water partition coefficient (Wildman–Crippen LogP) is -1.64. The molecule has 2 saturated heterocycles. The number of phosphoric ester groups is 1. The molecule has 12 atom stereocenters. The molecular formula is C26H39N3O20P2S. The minimum Gasteiger partial charge on any atom is -0.462 e. The van der Waals surface area contributed by atoms with Gasteiger partial charge in [-0.2, -0.15) is 4.31 Å². The van der Waals surface area contributed by atoms with Crippen molar-refractivity contribution in [2.45, 2.75) is 89.0 Å². The van der Waals surface area contributed by atoms with Gasteiger partial charge in [-0.05, 0) is 14.1 Å². The molecule has 7 unspecified atom stereocenters. The summed E-state index contributed by atoms with van der Waals surface area (Å²) in [7, 11) is -2.61. The van der Waals surface area contributed by atoms with Crippen LogP contribution in [0.15, 0.2) is 21.9 Å². The molecule has 26 heteroatoms. The highest BCUT2D eigenvalue weighted by Crippen LogP contribution is 2.66. The summed E-state index contributed by atoms with van der Waals surface area (Å²) in [6.07, 6.45) is -14.7. The van der Waals surface area contributed by atoms with Gasteiger partial charge in [0.15, 0.2) is 24.5 Å². The SMILES string of the molecule is CC(=O)OC[C@H](OC(C)=O)C1OC(OP(=O)(O)OP(=O)(S)OC[C@H]2O[C@@H](n3ccc(=O)[nH]c3=O)[C@H](N(C)C)[C@@H]2O)C(OC(C)=O)C(O)C1OC(C)=O. The minimum atomic E-state index is -5.71. The van der Waals surface area contributed by atoms with Crippen molar-refractivity contribution in [3.8, 4) is 0 Å². The average molecular weight is 808 g/mol. The standard InChI is InChI=1S/C26H39N3O20P2S/c1-11(30)41-9-16(43-12(2)31)21-22(44-13(3)32)20(36)23(45-14(4)33)25(47-21)48-50(38,39)49-51(40,52)42-10-15-19(35)18(28(5)6)24(46-15)29-8-7-17(34)27-26(29)37/h7-8,15-16,18-25,35-36H,9-10H2,1-6H3,(H,38,39)(H,40,52)(H,27,34,37)/t15-,16+,18-,19-,20?,21?,22?,23?,24-,25?,51?/m1/s1. The van der Waals surface area contributed by atoms with E-state index in [-0.39, 0.29) is 0 Å². The smallest absolute Gasteiger partial charge is 0.462 e. The zero-order valence-corrected chi connectivity index (χ0v) is 31.0. The number of aliphatic hydroxyl groups excluding tert-OH is 2. The Morgan fingerprint density at radius 2 is 1.60 bits per heavy atom. The Bertz CT molecular complexity index is 1690. The maximum absolute atomic E-state index is 13.2. The van der Waals surface area contributed by atoms with Crippen molar-refractivity contribution >= 4 is 50.7 Å². The van der Waals surface area contributed by atoms with Crippen LogP contribution in [0.25, 0.3) is 0 Å². The third-order valence-electron chi connectivity index (χ3n) is 7.20. The number of ether oxygens (including phenoxy) is 6. The fourth-order valence-electron chi connectivity index (χ4n) is 5.25. The Hall–Kier alpha value is -2.99. The van der Waals surface area contributed by atoms with E-state index in [2.05, 4.69) is 16.6 Å². The first-order chi connectivity index (χ1) is 24.0. The van der Waals surface area contributed by atoms with E-state index in [1.807, 2.05) is 4.98 Å². The summed E-state index contributed by atoms with van der Waals surface area (Å²) in [5.41, 5.74) is -1.56. The monoisotopic (exact) mass is 807 g/mol. The van der Waals surface area contributed by atoms with Gasteiger partial charge in [0, 0.05) is 40.0 Å². The molecular weight excluding hydrogens is 768 g/mol. The summed E-state index contributed by atoms with van der Waals surface area (Å²) < 4.78 is 73.5. The van der Waals surface area contributed by atoms with Crippen molar-refractivity contribution in [1.29, 1.82) is 0 Å². The van der Waals surface area contributed by atoms with Gasteiger partial charge >= 0.3 is 44.2 Å². The van der Waals surface area contributed by atoms with Crippen LogP contribution in [0.2, 0.25) is 0 Å². The van der Waals surface area contributed by atoms with E-state index in [4.69, 9.17) is 37.5 Å². The fourth-order valence-corrected chi connectivity index (χ4v) is 8.43. The molecule has 0 aliphatic carbocycles. The van der Waals surface area contributed by atoms with E-state index in [1.54, 1.807) is 14.1 Å². The number of thiol groups is 1. The van der Waals surface area contributed by atoms with Crippen LogP contribution in [0, 0.1) is 0 Å². The topological polar surface area (TPSA) is 304 Å². The molecule has 0 radical (unpaired) electrons. The largest absolute Gasteiger partial charge is 0.482 e. The summed E-state index contributed by atoms with van der Waals surface area (Å²) in [5.74, 6) is -3.92. The van der Waals surface area contributed by atoms with Gasteiger partial charge in [0.1, 0.15) is 31.0 Å². The second-order valence-corrected chi connectivity index (χ2v) is 16.0. The number of carbonyl (C=O) groups is 4. The Morgan fingerprint density at radius 1 is 0.981 bits per heavy atom. The first-order valence-electron chi connectivity index (χ1n) is 15.0. The van der Waals surface area contributed by atoms with Crippen LogP contribution in [0.5, 0.6) is 0 Å². The van der Waals surface area contributed by atoms with Crippen molar-refractivity contribution in [3.05, 3.63) is 33.1 Å². The number of H-pyrrole nitrogens is 1. The second-order valence-electron chi connectivity index (χ2n) is 11.5. The molecule has 0 spiro atoms. The van der Waals surface area contributed by atoms with Crippen LogP contribution in [0.1, 0.15) is 33.9 Å². The molecule has 1 aromatic heterocycles. The maximum atomic E-state index is 13.2. The van der Waals surface area contributed by atoms with Gasteiger partial charge in [0.25, 0.3) is 5.56 Å². The van der Waals surface area contributed by atoms with Crippen molar-refractivity contribution in [1.82, 2.24) is 14.5 Å². The van der Waals surface area contributed by atoms with Gasteiger partial charge < -0.3 is 43.5 Å². The van der Waals surface area contributed by atoms with Crippen molar-refractivity contribution in [2.75, 3.05) is 27.3 Å².